The molecule has 20 heavy (non-hydrogen) atoms. The summed E-state index contributed by atoms with van der Waals surface area (Å²) in [7, 11) is 0. The van der Waals surface area contributed by atoms with Gasteiger partial charge in [-0.05, 0) is 77.9 Å². The molecule has 2 rings (SSSR count). The van der Waals surface area contributed by atoms with E-state index in [1.807, 2.05) is 0 Å². The van der Waals surface area contributed by atoms with Crippen molar-refractivity contribution in [3.05, 3.63) is 0 Å². The lowest BCUT2D eigenvalue weighted by atomic mass is 9.75. The van der Waals surface area contributed by atoms with Crippen molar-refractivity contribution in [2.45, 2.75) is 77.7 Å². The Labute approximate surface area is 126 Å². The summed E-state index contributed by atoms with van der Waals surface area (Å²) in [6.45, 7) is 12.1. The monoisotopic (exact) mass is 280 g/mol. The maximum atomic E-state index is 3.58. The van der Waals surface area contributed by atoms with Crippen LogP contribution in [-0.4, -0.2) is 36.6 Å². The summed E-state index contributed by atoms with van der Waals surface area (Å²) >= 11 is 0. The molecule has 0 aromatic rings. The smallest absolute Gasteiger partial charge is 0.00965 e. The van der Waals surface area contributed by atoms with Crippen LogP contribution in [0.2, 0.25) is 0 Å². The van der Waals surface area contributed by atoms with Gasteiger partial charge in [0, 0.05) is 12.1 Å². The van der Waals surface area contributed by atoms with E-state index in [0.29, 0.717) is 0 Å². The average molecular weight is 280 g/mol. The van der Waals surface area contributed by atoms with Crippen molar-refractivity contribution in [3.63, 3.8) is 0 Å². The van der Waals surface area contributed by atoms with Gasteiger partial charge in [0.15, 0.2) is 0 Å². The molecule has 0 spiro atoms. The van der Waals surface area contributed by atoms with Gasteiger partial charge in [-0.1, -0.05) is 25.7 Å². The quantitative estimate of drug-likeness (QED) is 0.738. The zero-order valence-corrected chi connectivity index (χ0v) is 14.1. The van der Waals surface area contributed by atoms with E-state index in [1.165, 1.54) is 77.5 Å². The highest BCUT2D eigenvalue weighted by molar-refractivity contribution is 4.83. The SMILES string of the molecule is CC(C)(C)NCCCCCN1CCC2CCCCC2C1. The van der Waals surface area contributed by atoms with Crippen molar-refractivity contribution in [3.8, 4) is 0 Å². The largest absolute Gasteiger partial charge is 0.312 e. The van der Waals surface area contributed by atoms with Crippen molar-refractivity contribution in [1.82, 2.24) is 10.2 Å². The van der Waals surface area contributed by atoms with Crippen molar-refractivity contribution >= 4 is 0 Å². The topological polar surface area (TPSA) is 15.3 Å². The van der Waals surface area contributed by atoms with E-state index in [9.17, 15) is 0 Å². The zero-order valence-electron chi connectivity index (χ0n) is 14.1. The fraction of sp³-hybridized carbons (Fsp3) is 1.00. The van der Waals surface area contributed by atoms with Gasteiger partial charge in [0.25, 0.3) is 0 Å². The van der Waals surface area contributed by atoms with Crippen LogP contribution in [-0.2, 0) is 0 Å². The Morgan fingerprint density at radius 2 is 1.70 bits per heavy atom. The maximum absolute atomic E-state index is 3.58. The first-order chi connectivity index (χ1) is 9.54. The third-order valence-electron chi connectivity index (χ3n) is 5.18. The van der Waals surface area contributed by atoms with Crippen molar-refractivity contribution < 1.29 is 0 Å². The fourth-order valence-electron chi connectivity index (χ4n) is 3.98. The summed E-state index contributed by atoms with van der Waals surface area (Å²) in [6, 6.07) is 0. The highest BCUT2D eigenvalue weighted by Crippen LogP contribution is 2.35. The van der Waals surface area contributed by atoms with Gasteiger partial charge in [0.2, 0.25) is 0 Å². The van der Waals surface area contributed by atoms with Gasteiger partial charge in [0.1, 0.15) is 0 Å². The normalized spacial score (nSPS) is 28.4. The Balaban J connectivity index is 1.52. The van der Waals surface area contributed by atoms with E-state index in [1.54, 1.807) is 0 Å². The lowest BCUT2D eigenvalue weighted by molar-refractivity contribution is 0.0856. The Bertz CT molecular complexity index is 269. The first-order valence-corrected chi connectivity index (χ1v) is 9.02. The Morgan fingerprint density at radius 1 is 0.950 bits per heavy atom. The number of likely N-dealkylation sites (tertiary alicyclic amines) is 1. The van der Waals surface area contributed by atoms with Crippen LogP contribution in [0.4, 0.5) is 0 Å². The highest BCUT2D eigenvalue weighted by Gasteiger charge is 2.30. The molecule has 1 aliphatic heterocycles. The number of nitrogens with zero attached hydrogens (tertiary/aromatic N) is 1. The van der Waals surface area contributed by atoms with Gasteiger partial charge in [-0.2, -0.15) is 0 Å². The minimum atomic E-state index is 0.281. The number of unbranched alkanes of at least 4 members (excludes halogenated alkanes) is 2. The minimum Gasteiger partial charge on any atom is -0.312 e. The molecular formula is C18H36N2. The summed E-state index contributed by atoms with van der Waals surface area (Å²) in [5.74, 6) is 2.12. The van der Waals surface area contributed by atoms with Crippen LogP contribution >= 0.6 is 0 Å². The van der Waals surface area contributed by atoms with E-state index >= 15 is 0 Å². The molecule has 0 radical (unpaired) electrons. The van der Waals surface area contributed by atoms with E-state index in [2.05, 4.69) is 31.0 Å². The second-order valence-electron chi connectivity index (χ2n) is 8.13. The third kappa shape index (κ3) is 5.73. The van der Waals surface area contributed by atoms with Gasteiger partial charge >= 0.3 is 0 Å². The average Bonchev–Trinajstić information content (AvgIpc) is 2.41. The van der Waals surface area contributed by atoms with Crippen LogP contribution in [0.25, 0.3) is 0 Å². The first-order valence-electron chi connectivity index (χ1n) is 9.02. The van der Waals surface area contributed by atoms with Crippen LogP contribution in [0.1, 0.15) is 72.1 Å². The molecule has 0 amide bonds. The fourth-order valence-corrected chi connectivity index (χ4v) is 3.98. The van der Waals surface area contributed by atoms with E-state index in [-0.39, 0.29) is 5.54 Å². The van der Waals surface area contributed by atoms with Gasteiger partial charge in [0.05, 0.1) is 0 Å². The number of rotatable bonds is 6. The van der Waals surface area contributed by atoms with E-state index < -0.39 is 0 Å². The molecule has 2 heteroatoms. The number of hydrogen-bond acceptors (Lipinski definition) is 2. The van der Waals surface area contributed by atoms with Crippen LogP contribution < -0.4 is 5.32 Å². The molecule has 2 fully saturated rings. The third-order valence-corrected chi connectivity index (χ3v) is 5.18. The molecule has 118 valence electrons. The standard InChI is InChI=1S/C18H36N2/c1-18(2,3)19-12-7-4-8-13-20-14-11-16-9-5-6-10-17(16)15-20/h16-17,19H,4-15H2,1-3H3. The van der Waals surface area contributed by atoms with Crippen LogP contribution in [0, 0.1) is 11.8 Å². The highest BCUT2D eigenvalue weighted by atomic mass is 15.1. The molecule has 0 bridgehead atoms. The molecule has 1 heterocycles. The maximum Gasteiger partial charge on any atom is 0.00965 e. The molecule has 0 aromatic carbocycles. The molecule has 2 aliphatic rings. The number of hydrogen-bond donors (Lipinski definition) is 1. The minimum absolute atomic E-state index is 0.281. The summed E-state index contributed by atoms with van der Waals surface area (Å²) in [4.78, 5) is 2.75. The number of nitrogens with one attached hydrogen (secondary N) is 1. The molecule has 2 atom stereocenters. The van der Waals surface area contributed by atoms with Crippen molar-refractivity contribution in [2.24, 2.45) is 11.8 Å². The molecule has 1 saturated carbocycles. The molecule has 2 nitrogen and oxygen atoms in total. The molecule has 2 unspecified atom stereocenters. The second-order valence-corrected chi connectivity index (χ2v) is 8.13. The Hall–Kier alpha value is -0.0800. The molecule has 0 aromatic heterocycles. The predicted octanol–water partition coefficient (Wildman–Crippen LogP) is 4.06. The van der Waals surface area contributed by atoms with Crippen LogP contribution in [0.15, 0.2) is 0 Å². The summed E-state index contributed by atoms with van der Waals surface area (Å²) in [6.07, 6.45) is 11.6. The van der Waals surface area contributed by atoms with Gasteiger partial charge in [-0.3, -0.25) is 0 Å². The first kappa shape index (κ1) is 16.3. The Kier molecular flexibility index (Phi) is 6.35. The predicted molar refractivity (Wildman–Crippen MR) is 88.1 cm³/mol. The van der Waals surface area contributed by atoms with Crippen LogP contribution in [0.5, 0.6) is 0 Å². The van der Waals surface area contributed by atoms with Crippen molar-refractivity contribution in [1.29, 1.82) is 0 Å². The lowest BCUT2D eigenvalue weighted by Gasteiger charge is -2.41. The summed E-state index contributed by atoms with van der Waals surface area (Å²) < 4.78 is 0. The van der Waals surface area contributed by atoms with Gasteiger partial charge < -0.3 is 10.2 Å². The number of fused-ring (bicyclic) bond motifs is 1. The Morgan fingerprint density at radius 3 is 2.45 bits per heavy atom. The van der Waals surface area contributed by atoms with E-state index in [4.69, 9.17) is 0 Å². The molecule has 1 saturated heterocycles. The number of piperidine rings is 1. The lowest BCUT2D eigenvalue weighted by Crippen LogP contribution is -2.42. The van der Waals surface area contributed by atoms with Gasteiger partial charge in [-0.15, -0.1) is 0 Å². The second kappa shape index (κ2) is 7.79. The van der Waals surface area contributed by atoms with Crippen molar-refractivity contribution in [2.75, 3.05) is 26.2 Å². The van der Waals surface area contributed by atoms with Crippen LogP contribution in [0.3, 0.4) is 0 Å². The zero-order chi connectivity index (χ0) is 14.4. The molecule has 1 N–H and O–H groups in total. The summed E-state index contributed by atoms with van der Waals surface area (Å²) in [5, 5.41) is 3.58. The van der Waals surface area contributed by atoms with E-state index in [0.717, 1.165) is 11.8 Å². The van der Waals surface area contributed by atoms with Gasteiger partial charge in [-0.25, -0.2) is 0 Å². The molecule has 1 aliphatic carbocycles. The summed E-state index contributed by atoms with van der Waals surface area (Å²) in [5.41, 5.74) is 0.281. The molecular weight excluding hydrogens is 244 g/mol.